The van der Waals surface area contributed by atoms with E-state index in [9.17, 15) is 9.59 Å². The number of hydrogen-bond acceptors (Lipinski definition) is 4. The van der Waals surface area contributed by atoms with E-state index in [0.29, 0.717) is 0 Å². The van der Waals surface area contributed by atoms with Gasteiger partial charge < -0.3 is 9.47 Å². The van der Waals surface area contributed by atoms with Crippen LogP contribution in [0.3, 0.4) is 0 Å². The summed E-state index contributed by atoms with van der Waals surface area (Å²) in [6.07, 6.45) is 2.28. The molecule has 0 fully saturated rings. The minimum absolute atomic E-state index is 0.0329. The highest BCUT2D eigenvalue weighted by Crippen LogP contribution is 2.37. The monoisotopic (exact) mass is 483 g/mol. The zero-order valence-electron chi connectivity index (χ0n) is 14.0. The zero-order chi connectivity index (χ0) is 19.5. The summed E-state index contributed by atoms with van der Waals surface area (Å²) in [5.74, 6) is -0.426. The number of ether oxygens (including phenoxy) is 2. The Morgan fingerprint density at radius 3 is 2.62 bits per heavy atom. The minimum atomic E-state index is -1.72. The molecule has 0 bridgehead atoms. The number of fused-ring (bicyclic) bond motifs is 1. The molecule has 1 aliphatic heterocycles. The Hall–Kier alpha value is -0.950. The summed E-state index contributed by atoms with van der Waals surface area (Å²) in [4.78, 5) is 26.0. The molecule has 0 aliphatic carbocycles. The van der Waals surface area contributed by atoms with E-state index in [1.165, 1.54) is 4.90 Å². The van der Waals surface area contributed by atoms with Crippen molar-refractivity contribution in [1.82, 2.24) is 4.90 Å². The third-order valence-electron chi connectivity index (χ3n) is 3.48. The first-order valence-electron chi connectivity index (χ1n) is 7.76. The number of alkyl halides is 3. The van der Waals surface area contributed by atoms with E-state index in [1.807, 2.05) is 18.2 Å². The third-order valence-corrected chi connectivity index (χ3v) is 4.50. The summed E-state index contributed by atoms with van der Waals surface area (Å²) in [7, 11) is 0. The van der Waals surface area contributed by atoms with Crippen molar-refractivity contribution in [2.45, 2.75) is 36.2 Å². The van der Waals surface area contributed by atoms with Gasteiger partial charge in [-0.25, -0.2) is 4.79 Å². The molecular weight excluding hydrogens is 468 g/mol. The molecule has 1 amide bonds. The van der Waals surface area contributed by atoms with Gasteiger partial charge in [-0.3, -0.25) is 9.69 Å². The smallest absolute Gasteiger partial charge is 0.414 e. The fraction of sp³-hybridized carbons (Fsp3) is 0.412. The molecule has 0 saturated carbocycles. The molecule has 1 unspecified atom stereocenters. The maximum Gasteiger partial charge on any atom is 0.414 e. The number of carbonyl (C=O) groups is 2. The Morgan fingerprint density at radius 2 is 2.00 bits per heavy atom. The first-order chi connectivity index (χ1) is 12.1. The van der Waals surface area contributed by atoms with Gasteiger partial charge in [0.25, 0.3) is 0 Å². The molecule has 0 spiro atoms. The van der Waals surface area contributed by atoms with E-state index in [1.54, 1.807) is 26.1 Å². The maximum absolute atomic E-state index is 12.5. The molecule has 0 saturated heterocycles. The Kier molecular flexibility index (Phi) is 7.25. The van der Waals surface area contributed by atoms with Crippen LogP contribution < -0.4 is 0 Å². The van der Waals surface area contributed by atoms with Crippen molar-refractivity contribution in [3.63, 3.8) is 0 Å². The Labute approximate surface area is 175 Å². The van der Waals surface area contributed by atoms with Gasteiger partial charge in [0, 0.05) is 10.7 Å². The molecule has 2 rings (SSSR count). The molecule has 5 nitrogen and oxygen atoms in total. The number of esters is 1. The summed E-state index contributed by atoms with van der Waals surface area (Å²) in [5.41, 5.74) is 1.66. The van der Waals surface area contributed by atoms with Gasteiger partial charge in [0.05, 0.1) is 18.6 Å². The van der Waals surface area contributed by atoms with Gasteiger partial charge >= 0.3 is 12.1 Å². The summed E-state index contributed by atoms with van der Waals surface area (Å²) in [6, 6.07) is 4.95. The minimum Gasteiger partial charge on any atom is -0.463 e. The molecular formula is C17H17BrCl3NO4. The highest BCUT2D eigenvalue weighted by Gasteiger charge is 2.33. The van der Waals surface area contributed by atoms with Crippen LogP contribution in [-0.4, -0.2) is 33.5 Å². The first-order valence-corrected chi connectivity index (χ1v) is 9.69. The van der Waals surface area contributed by atoms with E-state index in [2.05, 4.69) is 15.9 Å². The number of amides is 1. The van der Waals surface area contributed by atoms with Crippen LogP contribution in [0.5, 0.6) is 0 Å². The lowest BCUT2D eigenvalue weighted by atomic mass is 9.94. The molecule has 0 aromatic heterocycles. The molecule has 1 aromatic rings. The molecule has 1 atom stereocenters. The fourth-order valence-electron chi connectivity index (χ4n) is 2.51. The second kappa shape index (κ2) is 8.83. The Bertz CT molecular complexity index is 718. The molecule has 1 aliphatic rings. The fourth-order valence-corrected chi connectivity index (χ4v) is 3.19. The van der Waals surface area contributed by atoms with Gasteiger partial charge in [-0.15, -0.1) is 0 Å². The average molecular weight is 486 g/mol. The number of benzene rings is 1. The van der Waals surface area contributed by atoms with Crippen LogP contribution in [-0.2, 0) is 14.3 Å². The van der Waals surface area contributed by atoms with Gasteiger partial charge in [-0.1, -0.05) is 62.9 Å². The average Bonchev–Trinajstić information content (AvgIpc) is 2.52. The van der Waals surface area contributed by atoms with Crippen molar-refractivity contribution in [2.24, 2.45) is 0 Å². The lowest BCUT2D eigenvalue weighted by Gasteiger charge is -2.32. The summed E-state index contributed by atoms with van der Waals surface area (Å²) in [5, 5.41) is 0. The largest absolute Gasteiger partial charge is 0.463 e. The second-order valence-corrected chi connectivity index (χ2v) is 9.26. The van der Waals surface area contributed by atoms with Crippen molar-refractivity contribution in [3.8, 4) is 0 Å². The highest BCUT2D eigenvalue weighted by atomic mass is 79.9. The van der Waals surface area contributed by atoms with Crippen LogP contribution >= 0.6 is 50.7 Å². The van der Waals surface area contributed by atoms with Crippen LogP contribution in [0.4, 0.5) is 4.79 Å². The van der Waals surface area contributed by atoms with E-state index >= 15 is 0 Å². The molecule has 26 heavy (non-hydrogen) atoms. The van der Waals surface area contributed by atoms with Crippen molar-refractivity contribution in [1.29, 1.82) is 0 Å². The topological polar surface area (TPSA) is 55.8 Å². The van der Waals surface area contributed by atoms with Crippen LogP contribution in [0.2, 0.25) is 0 Å². The number of hydrogen-bond donors (Lipinski definition) is 0. The number of carbonyl (C=O) groups excluding carboxylic acids is 2. The number of nitrogens with zero attached hydrogens (tertiary/aromatic N) is 1. The molecule has 9 heteroatoms. The lowest BCUT2D eigenvalue weighted by molar-refractivity contribution is -0.148. The standard InChI is InChI=1S/C17H17BrCl3NO4/c1-10(2)26-15(23)8-14-12-4-3-5-13(18)11(12)6-7-22(14)16(24)25-9-17(19,20)21/h3-7,10,14H,8-9H2,1-2H3. The zero-order valence-corrected chi connectivity index (χ0v) is 17.9. The maximum atomic E-state index is 12.5. The Balaban J connectivity index is 2.28. The number of rotatable bonds is 4. The van der Waals surface area contributed by atoms with Crippen molar-refractivity contribution in [3.05, 3.63) is 40.0 Å². The first kappa shape index (κ1) is 21.4. The second-order valence-electron chi connectivity index (χ2n) is 5.89. The molecule has 0 N–H and O–H groups in total. The van der Waals surface area contributed by atoms with E-state index in [-0.39, 0.29) is 12.5 Å². The highest BCUT2D eigenvalue weighted by molar-refractivity contribution is 9.10. The van der Waals surface area contributed by atoms with Crippen LogP contribution in [0, 0.1) is 0 Å². The van der Waals surface area contributed by atoms with E-state index < -0.39 is 28.5 Å². The van der Waals surface area contributed by atoms with E-state index in [4.69, 9.17) is 44.3 Å². The summed E-state index contributed by atoms with van der Waals surface area (Å²) >= 11 is 20.4. The summed E-state index contributed by atoms with van der Waals surface area (Å²) in [6.45, 7) is 3.11. The molecule has 142 valence electrons. The summed E-state index contributed by atoms with van der Waals surface area (Å²) < 4.78 is 9.41. The Morgan fingerprint density at radius 1 is 1.31 bits per heavy atom. The van der Waals surface area contributed by atoms with Gasteiger partial charge in [0.15, 0.2) is 0 Å². The predicted molar refractivity (Wildman–Crippen MR) is 105 cm³/mol. The van der Waals surface area contributed by atoms with Crippen molar-refractivity contribution >= 4 is 68.9 Å². The number of halogens is 4. The van der Waals surface area contributed by atoms with Crippen molar-refractivity contribution < 1.29 is 19.1 Å². The van der Waals surface area contributed by atoms with E-state index in [0.717, 1.165) is 15.6 Å². The van der Waals surface area contributed by atoms with Gasteiger partial charge in [0.2, 0.25) is 3.79 Å². The van der Waals surface area contributed by atoms with Crippen molar-refractivity contribution in [2.75, 3.05) is 6.61 Å². The van der Waals surface area contributed by atoms with Crippen LogP contribution in [0.1, 0.15) is 37.4 Å². The third kappa shape index (κ3) is 5.78. The molecule has 1 heterocycles. The normalized spacial score (nSPS) is 16.4. The van der Waals surface area contributed by atoms with Gasteiger partial charge in [-0.2, -0.15) is 0 Å². The quantitative estimate of drug-likeness (QED) is 0.410. The molecule has 1 aromatic carbocycles. The van der Waals surface area contributed by atoms with Gasteiger partial charge in [-0.05, 0) is 37.1 Å². The lowest BCUT2D eigenvalue weighted by Crippen LogP contribution is -2.36. The predicted octanol–water partition coefficient (Wildman–Crippen LogP) is 5.63. The van der Waals surface area contributed by atoms with Crippen LogP contribution in [0.15, 0.2) is 28.9 Å². The SMILES string of the molecule is CC(C)OC(=O)CC1c2cccc(Br)c2C=CN1C(=O)OCC(Cl)(Cl)Cl. The molecule has 0 radical (unpaired) electrons. The van der Waals surface area contributed by atoms with Crippen LogP contribution in [0.25, 0.3) is 6.08 Å². The van der Waals surface area contributed by atoms with Gasteiger partial charge in [0.1, 0.15) is 6.61 Å².